The first-order valence-corrected chi connectivity index (χ1v) is 19.2. The first-order chi connectivity index (χ1) is 24.2. The van der Waals surface area contributed by atoms with Crippen LogP contribution in [0.25, 0.3) is 33.2 Å². The van der Waals surface area contributed by atoms with Crippen molar-refractivity contribution in [3.05, 3.63) is 101 Å². The largest absolute Gasteiger partial charge is 0.512 e. The van der Waals surface area contributed by atoms with Crippen LogP contribution < -0.4 is 0 Å². The molecule has 1 N–H and O–H groups in total. The smallest absolute Gasteiger partial charge is 0.162 e. The predicted molar refractivity (Wildman–Crippen MR) is 214 cm³/mol. The number of hydrogen-bond donors (Lipinski definition) is 1. The number of carbonyl (C=O) groups excluding carboxylic acids is 1. The van der Waals surface area contributed by atoms with Crippen LogP contribution in [0.15, 0.2) is 78.7 Å². The SMILES string of the molecule is CC1(C)CCC(c2ccc(-c3cc(-c4[c-]c5ccccc5c(C(C)(C)C)c4)ncc3C#N)cc2)CC1.CCC(CC)C(=O)/C=C(\O)C(CC)CC.[Ir]. The summed E-state index contributed by atoms with van der Waals surface area (Å²) in [7, 11) is 0. The maximum absolute atomic E-state index is 11.7. The number of allylic oxidation sites excluding steroid dienone is 2. The number of rotatable bonds is 10. The van der Waals surface area contributed by atoms with E-state index in [2.05, 4.69) is 112 Å². The van der Waals surface area contributed by atoms with Gasteiger partial charge in [0.05, 0.1) is 11.3 Å². The van der Waals surface area contributed by atoms with Gasteiger partial charge in [-0.25, -0.2) is 0 Å². The summed E-state index contributed by atoms with van der Waals surface area (Å²) < 4.78 is 0. The number of benzene rings is 3. The Morgan fingerprint density at radius 2 is 1.56 bits per heavy atom. The van der Waals surface area contributed by atoms with Gasteiger partial charge in [0.1, 0.15) is 6.07 Å². The van der Waals surface area contributed by atoms with Crippen LogP contribution in [0, 0.1) is 34.6 Å². The van der Waals surface area contributed by atoms with Crippen LogP contribution in [0.3, 0.4) is 0 Å². The first kappa shape index (κ1) is 42.8. The number of hydrogen-bond acceptors (Lipinski definition) is 4. The quantitative estimate of drug-likeness (QED) is 0.0978. The maximum atomic E-state index is 11.7. The molecule has 5 rings (SSSR count). The number of aliphatic hydroxyl groups excluding tert-OH is 1. The molecule has 0 amide bonds. The fourth-order valence-corrected chi connectivity index (χ4v) is 7.37. The number of aliphatic hydroxyl groups is 1. The van der Waals surface area contributed by atoms with Crippen molar-refractivity contribution in [2.45, 2.75) is 125 Å². The third-order valence-corrected chi connectivity index (χ3v) is 11.0. The van der Waals surface area contributed by atoms with Crippen LogP contribution in [0.1, 0.15) is 136 Å². The molecule has 1 aliphatic carbocycles. The summed E-state index contributed by atoms with van der Waals surface area (Å²) in [5, 5.41) is 21.9. The van der Waals surface area contributed by atoms with Crippen molar-refractivity contribution in [3.8, 4) is 28.5 Å². The van der Waals surface area contributed by atoms with E-state index in [0.29, 0.717) is 16.9 Å². The average Bonchev–Trinajstić information content (AvgIpc) is 3.12. The molecule has 4 nitrogen and oxygen atoms in total. The van der Waals surface area contributed by atoms with Crippen molar-refractivity contribution in [1.82, 2.24) is 4.98 Å². The standard InChI is InChI=1S/C34H35N2.C13H24O2.Ir/c1-33(2,3)31-19-27(18-26-8-6-7-9-29(26)31)32-20-30(28(21-35)22-36-32)25-12-10-23(11-13-25)24-14-16-34(4,5)17-15-24;1-5-10(6-2)12(14)9-13(15)11(7-3)8-4;/h6-13,19-20,22,24H,14-17H2,1-5H3;9-11,14H,5-8H2,1-4H3;/q-1;;/b;12-9-;. The normalized spacial score (nSPS) is 14.8. The van der Waals surface area contributed by atoms with Gasteiger partial charge in [-0.2, -0.15) is 5.26 Å². The molecule has 1 aromatic heterocycles. The fourth-order valence-electron chi connectivity index (χ4n) is 7.37. The molecule has 3 aromatic carbocycles. The van der Waals surface area contributed by atoms with Gasteiger partial charge in [-0.1, -0.05) is 122 Å². The summed E-state index contributed by atoms with van der Waals surface area (Å²) in [6, 6.07) is 27.5. The van der Waals surface area contributed by atoms with E-state index in [9.17, 15) is 15.2 Å². The van der Waals surface area contributed by atoms with E-state index >= 15 is 0 Å². The average molecular weight is 876 g/mol. The van der Waals surface area contributed by atoms with Gasteiger partial charge in [0.25, 0.3) is 0 Å². The molecule has 0 spiro atoms. The monoisotopic (exact) mass is 876 g/mol. The number of ketones is 1. The number of fused-ring (bicyclic) bond motifs is 1. The van der Waals surface area contributed by atoms with E-state index in [1.54, 1.807) is 6.20 Å². The Morgan fingerprint density at radius 1 is 0.962 bits per heavy atom. The van der Waals surface area contributed by atoms with Crippen LogP contribution in [0.5, 0.6) is 0 Å². The molecule has 0 bridgehead atoms. The molecule has 1 aliphatic rings. The molecule has 0 saturated heterocycles. The predicted octanol–water partition coefficient (Wildman–Crippen LogP) is 13.1. The van der Waals surface area contributed by atoms with E-state index in [1.165, 1.54) is 48.3 Å². The molecule has 1 saturated carbocycles. The zero-order chi connectivity index (χ0) is 37.3. The van der Waals surface area contributed by atoms with Crippen LogP contribution in [0.4, 0.5) is 0 Å². The van der Waals surface area contributed by atoms with Gasteiger partial charge < -0.3 is 5.11 Å². The Labute approximate surface area is 327 Å². The fraction of sp³-hybridized carbons (Fsp3) is 0.468. The van der Waals surface area contributed by atoms with Crippen LogP contribution >= 0.6 is 0 Å². The number of nitriles is 1. The molecule has 0 aliphatic heterocycles. The summed E-state index contributed by atoms with van der Waals surface area (Å²) >= 11 is 0. The third kappa shape index (κ3) is 10.7. The van der Waals surface area contributed by atoms with E-state index in [0.717, 1.165) is 53.5 Å². The van der Waals surface area contributed by atoms with Crippen LogP contribution in [-0.4, -0.2) is 15.9 Å². The Hall–Kier alpha value is -3.58. The Balaban J connectivity index is 0.000000389. The summed E-state index contributed by atoms with van der Waals surface area (Å²) in [5.41, 5.74) is 7.55. The topological polar surface area (TPSA) is 74.0 Å². The van der Waals surface area contributed by atoms with Gasteiger partial charge in [-0.3, -0.25) is 9.78 Å². The minimum atomic E-state index is -0.0109. The maximum Gasteiger partial charge on any atom is 0.162 e. The minimum absolute atomic E-state index is 0. The van der Waals surface area contributed by atoms with Gasteiger partial charge in [0, 0.05) is 49.9 Å². The molecule has 1 heterocycles. The number of pyridine rings is 1. The second-order valence-corrected chi connectivity index (χ2v) is 16.2. The van der Waals surface area contributed by atoms with E-state index in [-0.39, 0.29) is 48.9 Å². The molecule has 0 unspecified atom stereocenters. The van der Waals surface area contributed by atoms with Crippen molar-refractivity contribution < 1.29 is 30.0 Å². The van der Waals surface area contributed by atoms with Crippen molar-refractivity contribution in [3.63, 3.8) is 0 Å². The van der Waals surface area contributed by atoms with Gasteiger partial charge in [0.15, 0.2) is 5.78 Å². The summed E-state index contributed by atoms with van der Waals surface area (Å²) in [6.45, 7) is 19.6. The molecule has 4 aromatic rings. The van der Waals surface area contributed by atoms with Crippen LogP contribution in [-0.2, 0) is 30.3 Å². The summed E-state index contributed by atoms with van der Waals surface area (Å²) in [6.07, 6.45) is 11.7. The molecule has 279 valence electrons. The third-order valence-electron chi connectivity index (χ3n) is 11.0. The van der Waals surface area contributed by atoms with E-state index < -0.39 is 0 Å². The molecule has 52 heavy (non-hydrogen) atoms. The second kappa shape index (κ2) is 19.0. The van der Waals surface area contributed by atoms with Crippen LogP contribution in [0.2, 0.25) is 0 Å². The van der Waals surface area contributed by atoms with E-state index in [4.69, 9.17) is 0 Å². The zero-order valence-electron chi connectivity index (χ0n) is 32.9. The number of aromatic nitrogens is 1. The van der Waals surface area contributed by atoms with Gasteiger partial charge in [-0.05, 0) is 84.8 Å². The van der Waals surface area contributed by atoms with Crippen molar-refractivity contribution in [1.29, 1.82) is 5.26 Å². The molecule has 1 fully saturated rings. The summed E-state index contributed by atoms with van der Waals surface area (Å²) in [5.74, 6) is 1.18. The molecular formula is C47H59IrN2O2-. The first-order valence-electron chi connectivity index (χ1n) is 19.2. The van der Waals surface area contributed by atoms with Gasteiger partial charge in [-0.15, -0.1) is 29.1 Å². The van der Waals surface area contributed by atoms with Crippen molar-refractivity contribution in [2.75, 3.05) is 0 Å². The number of nitrogens with zero attached hydrogens (tertiary/aromatic N) is 2. The van der Waals surface area contributed by atoms with Crippen molar-refractivity contribution >= 4 is 16.6 Å². The van der Waals surface area contributed by atoms with E-state index in [1.807, 2.05) is 27.7 Å². The Bertz CT molecular complexity index is 1840. The molecule has 1 radical (unpaired) electrons. The summed E-state index contributed by atoms with van der Waals surface area (Å²) in [4.78, 5) is 16.4. The second-order valence-electron chi connectivity index (χ2n) is 16.2. The molecule has 0 atom stereocenters. The Morgan fingerprint density at radius 3 is 2.12 bits per heavy atom. The van der Waals surface area contributed by atoms with Crippen molar-refractivity contribution in [2.24, 2.45) is 17.3 Å². The zero-order valence-corrected chi connectivity index (χ0v) is 35.3. The van der Waals surface area contributed by atoms with Gasteiger partial charge >= 0.3 is 0 Å². The van der Waals surface area contributed by atoms with Gasteiger partial charge in [0.2, 0.25) is 0 Å². The Kier molecular flexibility index (Phi) is 15.6. The molecule has 5 heteroatoms. The minimum Gasteiger partial charge on any atom is -0.512 e. The number of carbonyl (C=O) groups is 1. The molecular weight excluding hydrogens is 817 g/mol.